The van der Waals surface area contributed by atoms with Gasteiger partial charge >= 0.3 is 6.09 Å². The molecule has 1 fully saturated rings. The van der Waals surface area contributed by atoms with Crippen molar-refractivity contribution in [3.63, 3.8) is 0 Å². The van der Waals surface area contributed by atoms with E-state index in [2.05, 4.69) is 5.32 Å². The van der Waals surface area contributed by atoms with Crippen molar-refractivity contribution in [2.45, 2.75) is 51.8 Å². The number of hydrogen-bond donors (Lipinski definition) is 1. The van der Waals surface area contributed by atoms with Gasteiger partial charge in [0.2, 0.25) is 5.91 Å². The van der Waals surface area contributed by atoms with E-state index in [1.165, 1.54) is 4.90 Å². The second-order valence-corrected chi connectivity index (χ2v) is 7.12. The van der Waals surface area contributed by atoms with Crippen LogP contribution >= 0.6 is 11.6 Å². The highest BCUT2D eigenvalue weighted by Crippen LogP contribution is 2.21. The zero-order valence-corrected chi connectivity index (χ0v) is 14.5. The standard InChI is InChI=1S/C17H23ClN2O3/c1-17(2,3)23-16(22)20-9-5-8-14(20)15(21)19-11-12-6-4-7-13(18)10-12/h4,6-7,10,14H,5,8-9,11H2,1-3H3,(H,19,21)/t14-/m1/s1. The van der Waals surface area contributed by atoms with Crippen molar-refractivity contribution in [2.75, 3.05) is 6.54 Å². The average molecular weight is 339 g/mol. The Morgan fingerprint density at radius 1 is 1.39 bits per heavy atom. The van der Waals surface area contributed by atoms with Crippen molar-refractivity contribution < 1.29 is 14.3 Å². The summed E-state index contributed by atoms with van der Waals surface area (Å²) in [4.78, 5) is 26.1. The second-order valence-electron chi connectivity index (χ2n) is 6.68. The number of benzene rings is 1. The summed E-state index contributed by atoms with van der Waals surface area (Å²) in [6, 6.07) is 6.86. The highest BCUT2D eigenvalue weighted by molar-refractivity contribution is 6.30. The lowest BCUT2D eigenvalue weighted by Crippen LogP contribution is -2.47. The summed E-state index contributed by atoms with van der Waals surface area (Å²) in [5, 5.41) is 3.50. The summed E-state index contributed by atoms with van der Waals surface area (Å²) in [6.45, 7) is 6.38. The van der Waals surface area contributed by atoms with Crippen LogP contribution in [-0.2, 0) is 16.1 Å². The van der Waals surface area contributed by atoms with Crippen LogP contribution in [0.15, 0.2) is 24.3 Å². The van der Waals surface area contributed by atoms with Crippen LogP contribution in [0.4, 0.5) is 4.79 Å². The first-order valence-corrected chi connectivity index (χ1v) is 8.16. The van der Waals surface area contributed by atoms with Gasteiger partial charge in [-0.1, -0.05) is 23.7 Å². The van der Waals surface area contributed by atoms with Gasteiger partial charge in [0, 0.05) is 18.1 Å². The van der Waals surface area contributed by atoms with E-state index in [-0.39, 0.29) is 5.91 Å². The summed E-state index contributed by atoms with van der Waals surface area (Å²) in [5.74, 6) is -0.159. The number of carbonyl (C=O) groups excluding carboxylic acids is 2. The van der Waals surface area contributed by atoms with Gasteiger partial charge in [-0.3, -0.25) is 9.69 Å². The largest absolute Gasteiger partial charge is 0.444 e. The van der Waals surface area contributed by atoms with Gasteiger partial charge in [0.05, 0.1) is 0 Å². The van der Waals surface area contributed by atoms with Gasteiger partial charge in [-0.05, 0) is 51.3 Å². The first-order valence-electron chi connectivity index (χ1n) is 7.78. The fourth-order valence-electron chi connectivity index (χ4n) is 2.53. The van der Waals surface area contributed by atoms with Crippen LogP contribution in [0.5, 0.6) is 0 Å². The monoisotopic (exact) mass is 338 g/mol. The molecule has 1 aromatic rings. The van der Waals surface area contributed by atoms with Crippen LogP contribution in [0, 0.1) is 0 Å². The minimum atomic E-state index is -0.568. The number of ether oxygens (including phenoxy) is 1. The third-order valence-electron chi connectivity index (χ3n) is 3.54. The number of rotatable bonds is 3. The van der Waals surface area contributed by atoms with Crippen molar-refractivity contribution in [3.05, 3.63) is 34.9 Å². The maximum absolute atomic E-state index is 12.4. The summed E-state index contributed by atoms with van der Waals surface area (Å²) in [6.07, 6.45) is 1.02. The van der Waals surface area contributed by atoms with E-state index < -0.39 is 17.7 Å². The minimum absolute atomic E-state index is 0.159. The van der Waals surface area contributed by atoms with Crippen LogP contribution in [0.1, 0.15) is 39.2 Å². The molecule has 126 valence electrons. The van der Waals surface area contributed by atoms with Gasteiger partial charge in [-0.25, -0.2) is 4.79 Å². The molecule has 1 aliphatic rings. The van der Waals surface area contributed by atoms with E-state index in [9.17, 15) is 9.59 Å². The molecule has 0 bridgehead atoms. The molecule has 0 saturated carbocycles. The maximum Gasteiger partial charge on any atom is 0.410 e. The number of nitrogens with zero attached hydrogens (tertiary/aromatic N) is 1. The quantitative estimate of drug-likeness (QED) is 0.919. The number of halogens is 1. The van der Waals surface area contributed by atoms with Gasteiger partial charge in [0.15, 0.2) is 0 Å². The Hall–Kier alpha value is -1.75. The zero-order valence-electron chi connectivity index (χ0n) is 13.8. The van der Waals surface area contributed by atoms with E-state index >= 15 is 0 Å². The lowest BCUT2D eigenvalue weighted by molar-refractivity contribution is -0.125. The van der Waals surface area contributed by atoms with E-state index in [4.69, 9.17) is 16.3 Å². The molecule has 23 heavy (non-hydrogen) atoms. The minimum Gasteiger partial charge on any atom is -0.444 e. The van der Waals surface area contributed by atoms with Gasteiger partial charge in [0.1, 0.15) is 11.6 Å². The van der Waals surface area contributed by atoms with Crippen LogP contribution in [-0.4, -0.2) is 35.1 Å². The predicted molar refractivity (Wildman–Crippen MR) is 89.3 cm³/mol. The molecule has 1 aromatic carbocycles. The number of likely N-dealkylation sites (tertiary alicyclic amines) is 1. The molecule has 6 heteroatoms. The Balaban J connectivity index is 1.94. The van der Waals surface area contributed by atoms with Crippen LogP contribution in [0.25, 0.3) is 0 Å². The molecule has 1 N–H and O–H groups in total. The number of hydrogen-bond acceptors (Lipinski definition) is 3. The van der Waals surface area contributed by atoms with Gasteiger partial charge < -0.3 is 10.1 Å². The molecule has 0 radical (unpaired) electrons. The highest BCUT2D eigenvalue weighted by atomic mass is 35.5. The Morgan fingerprint density at radius 2 is 2.13 bits per heavy atom. The van der Waals surface area contributed by atoms with Crippen molar-refractivity contribution in [1.29, 1.82) is 0 Å². The molecule has 1 atom stereocenters. The van der Waals surface area contributed by atoms with Crippen molar-refractivity contribution >= 4 is 23.6 Å². The third kappa shape index (κ3) is 5.13. The normalized spacial score (nSPS) is 17.9. The summed E-state index contributed by atoms with van der Waals surface area (Å²) >= 11 is 5.93. The second kappa shape index (κ2) is 7.21. The molecule has 1 saturated heterocycles. The number of nitrogens with one attached hydrogen (secondary N) is 1. The SMILES string of the molecule is CC(C)(C)OC(=O)N1CCC[C@@H]1C(=O)NCc1cccc(Cl)c1. The molecular weight excluding hydrogens is 316 g/mol. The van der Waals surface area contributed by atoms with Crippen LogP contribution < -0.4 is 5.32 Å². The van der Waals surface area contributed by atoms with Gasteiger partial charge in [-0.2, -0.15) is 0 Å². The lowest BCUT2D eigenvalue weighted by Gasteiger charge is -2.28. The van der Waals surface area contributed by atoms with Gasteiger partial charge in [0.25, 0.3) is 0 Å². The fraction of sp³-hybridized carbons (Fsp3) is 0.529. The van der Waals surface area contributed by atoms with E-state index in [1.54, 1.807) is 6.07 Å². The predicted octanol–water partition coefficient (Wildman–Crippen LogP) is 3.36. The van der Waals surface area contributed by atoms with E-state index in [1.807, 2.05) is 39.0 Å². The Morgan fingerprint density at radius 3 is 2.78 bits per heavy atom. The van der Waals surface area contributed by atoms with Crippen LogP contribution in [0.3, 0.4) is 0 Å². The molecule has 2 rings (SSSR count). The lowest BCUT2D eigenvalue weighted by atomic mass is 10.2. The Bertz CT molecular complexity index is 583. The third-order valence-corrected chi connectivity index (χ3v) is 3.77. The molecular formula is C17H23ClN2O3. The molecule has 0 aliphatic carbocycles. The molecule has 0 spiro atoms. The molecule has 5 nitrogen and oxygen atoms in total. The highest BCUT2D eigenvalue weighted by Gasteiger charge is 2.36. The first-order chi connectivity index (χ1) is 10.8. The average Bonchev–Trinajstić information content (AvgIpc) is 2.92. The number of carbonyl (C=O) groups is 2. The fourth-order valence-corrected chi connectivity index (χ4v) is 2.75. The smallest absolute Gasteiger partial charge is 0.410 e. The summed E-state index contributed by atoms with van der Waals surface area (Å²) < 4.78 is 5.37. The van der Waals surface area contributed by atoms with Crippen molar-refractivity contribution in [3.8, 4) is 0 Å². The molecule has 2 amide bonds. The van der Waals surface area contributed by atoms with Gasteiger partial charge in [-0.15, -0.1) is 0 Å². The van der Waals surface area contributed by atoms with Crippen LogP contribution in [0.2, 0.25) is 5.02 Å². The number of amides is 2. The summed E-state index contributed by atoms with van der Waals surface area (Å²) in [7, 11) is 0. The van der Waals surface area contributed by atoms with Crippen molar-refractivity contribution in [2.24, 2.45) is 0 Å². The molecule has 1 heterocycles. The van der Waals surface area contributed by atoms with E-state index in [0.29, 0.717) is 24.5 Å². The first kappa shape index (κ1) is 17.6. The molecule has 0 aromatic heterocycles. The maximum atomic E-state index is 12.4. The van der Waals surface area contributed by atoms with Crippen molar-refractivity contribution in [1.82, 2.24) is 10.2 Å². The Labute approximate surface area is 141 Å². The molecule has 1 aliphatic heterocycles. The summed E-state index contributed by atoms with van der Waals surface area (Å²) in [5.41, 5.74) is 0.356. The van der Waals surface area contributed by atoms with E-state index in [0.717, 1.165) is 12.0 Å². The topological polar surface area (TPSA) is 58.6 Å². The zero-order chi connectivity index (χ0) is 17.0. The Kier molecular flexibility index (Phi) is 5.52. The molecule has 0 unspecified atom stereocenters.